The van der Waals surface area contributed by atoms with Gasteiger partial charge in [-0.1, -0.05) is 24.6 Å². The Kier molecular flexibility index (Phi) is 6.71. The lowest BCUT2D eigenvalue weighted by molar-refractivity contribution is -0.386. The zero-order valence-corrected chi connectivity index (χ0v) is 18.6. The molecule has 0 aliphatic rings. The summed E-state index contributed by atoms with van der Waals surface area (Å²) in [6.45, 7) is 6.77. The molecule has 3 aromatic rings. The standard InChI is InChI=1S/C22H23N5O6/c1-13-5-7-19(8-6-13)33-20-10-17(9-18(11-20)26(29)30)23-22(28)14(2)12-25-16(4)21(27(31)32)15(3)24-25/h5-11,14H,12H2,1-4H3,(H,23,28). The van der Waals surface area contributed by atoms with Crippen LogP contribution < -0.4 is 10.1 Å². The fraction of sp³-hybridized carbons (Fsp3) is 0.273. The summed E-state index contributed by atoms with van der Waals surface area (Å²) in [5.74, 6) is -0.349. The predicted molar refractivity (Wildman–Crippen MR) is 120 cm³/mol. The number of nitro benzene ring substituents is 1. The van der Waals surface area contributed by atoms with Crippen LogP contribution >= 0.6 is 0 Å². The van der Waals surface area contributed by atoms with E-state index in [2.05, 4.69) is 10.4 Å². The summed E-state index contributed by atoms with van der Waals surface area (Å²) in [6.07, 6.45) is 0. The third-order valence-electron chi connectivity index (χ3n) is 5.05. The number of ether oxygens (including phenoxy) is 1. The van der Waals surface area contributed by atoms with E-state index in [4.69, 9.17) is 4.74 Å². The number of hydrogen-bond donors (Lipinski definition) is 1. The molecule has 0 aliphatic carbocycles. The molecule has 0 fully saturated rings. The molecule has 3 rings (SSSR count). The Bertz CT molecular complexity index is 1220. The summed E-state index contributed by atoms with van der Waals surface area (Å²) in [7, 11) is 0. The Morgan fingerprint density at radius 2 is 1.73 bits per heavy atom. The number of nitro groups is 2. The topological polar surface area (TPSA) is 142 Å². The van der Waals surface area contributed by atoms with E-state index in [1.165, 1.54) is 29.8 Å². The first-order valence-corrected chi connectivity index (χ1v) is 10.1. The minimum Gasteiger partial charge on any atom is -0.457 e. The number of non-ortho nitro benzene ring substituents is 1. The van der Waals surface area contributed by atoms with E-state index in [0.717, 1.165) is 5.56 Å². The highest BCUT2D eigenvalue weighted by molar-refractivity contribution is 5.92. The maximum Gasteiger partial charge on any atom is 0.312 e. The van der Waals surface area contributed by atoms with Crippen LogP contribution in [0.1, 0.15) is 23.9 Å². The first-order chi connectivity index (χ1) is 15.5. The van der Waals surface area contributed by atoms with Gasteiger partial charge in [-0.05, 0) is 32.9 Å². The number of hydrogen-bond acceptors (Lipinski definition) is 7. The molecular weight excluding hydrogens is 430 g/mol. The van der Waals surface area contributed by atoms with Gasteiger partial charge in [0.1, 0.15) is 22.9 Å². The number of anilines is 1. The molecule has 1 N–H and O–H groups in total. The summed E-state index contributed by atoms with van der Waals surface area (Å²) < 4.78 is 7.14. The third-order valence-corrected chi connectivity index (χ3v) is 5.05. The fourth-order valence-corrected chi connectivity index (χ4v) is 3.30. The van der Waals surface area contributed by atoms with E-state index in [1.54, 1.807) is 26.0 Å². The number of carbonyl (C=O) groups excluding carboxylic acids is 1. The Hall–Kier alpha value is -4.28. The van der Waals surface area contributed by atoms with Gasteiger partial charge in [0, 0.05) is 12.1 Å². The van der Waals surface area contributed by atoms with Gasteiger partial charge in [0.15, 0.2) is 0 Å². The van der Waals surface area contributed by atoms with E-state index < -0.39 is 21.7 Å². The number of nitrogens with one attached hydrogen (secondary N) is 1. The van der Waals surface area contributed by atoms with Crippen molar-refractivity contribution in [3.63, 3.8) is 0 Å². The molecule has 172 valence electrons. The SMILES string of the molecule is Cc1ccc(Oc2cc(NC(=O)C(C)Cn3nc(C)c([N+](=O)[O-])c3C)cc([N+](=O)[O-])c2)cc1. The average molecular weight is 453 g/mol. The quantitative estimate of drug-likeness (QED) is 0.385. The number of aromatic nitrogens is 2. The monoisotopic (exact) mass is 453 g/mol. The molecule has 0 radical (unpaired) electrons. The zero-order valence-electron chi connectivity index (χ0n) is 18.6. The van der Waals surface area contributed by atoms with Gasteiger partial charge in [0.05, 0.1) is 34.1 Å². The second kappa shape index (κ2) is 9.47. The Labute approximate surface area is 189 Å². The van der Waals surface area contributed by atoms with Crippen LogP contribution in [-0.4, -0.2) is 25.5 Å². The van der Waals surface area contributed by atoms with E-state index in [1.807, 2.05) is 19.1 Å². The van der Waals surface area contributed by atoms with Gasteiger partial charge in [-0.2, -0.15) is 5.10 Å². The number of carbonyl (C=O) groups is 1. The van der Waals surface area contributed by atoms with Gasteiger partial charge < -0.3 is 10.1 Å². The van der Waals surface area contributed by atoms with Gasteiger partial charge >= 0.3 is 5.69 Å². The molecule has 11 heteroatoms. The van der Waals surface area contributed by atoms with Crippen LogP contribution in [0.15, 0.2) is 42.5 Å². The third kappa shape index (κ3) is 5.50. The number of nitrogens with zero attached hydrogens (tertiary/aromatic N) is 4. The number of aryl methyl sites for hydroxylation is 2. The summed E-state index contributed by atoms with van der Waals surface area (Å²) in [4.78, 5) is 34.2. The van der Waals surface area contributed by atoms with E-state index >= 15 is 0 Å². The molecule has 1 amide bonds. The summed E-state index contributed by atoms with van der Waals surface area (Å²) in [5, 5.41) is 29.4. The summed E-state index contributed by atoms with van der Waals surface area (Å²) in [6, 6.07) is 11.2. The van der Waals surface area contributed by atoms with Crippen LogP contribution in [0.25, 0.3) is 0 Å². The molecule has 0 saturated carbocycles. The van der Waals surface area contributed by atoms with E-state index in [0.29, 0.717) is 11.4 Å². The molecular formula is C22H23N5O6. The van der Waals surface area contributed by atoms with Crippen LogP contribution in [0.4, 0.5) is 17.1 Å². The van der Waals surface area contributed by atoms with Crippen molar-refractivity contribution in [2.45, 2.75) is 34.2 Å². The van der Waals surface area contributed by atoms with Gasteiger partial charge in [0.25, 0.3) is 5.69 Å². The maximum atomic E-state index is 12.7. The smallest absolute Gasteiger partial charge is 0.312 e. The molecule has 1 unspecified atom stereocenters. The molecule has 0 aliphatic heterocycles. The van der Waals surface area contributed by atoms with Crippen LogP contribution in [0.2, 0.25) is 0 Å². The van der Waals surface area contributed by atoms with Crippen molar-refractivity contribution in [3.8, 4) is 11.5 Å². The van der Waals surface area contributed by atoms with Crippen molar-refractivity contribution in [2.24, 2.45) is 5.92 Å². The molecule has 1 atom stereocenters. The Morgan fingerprint density at radius 3 is 2.30 bits per heavy atom. The van der Waals surface area contributed by atoms with Crippen LogP contribution in [0.3, 0.4) is 0 Å². The Morgan fingerprint density at radius 1 is 1.06 bits per heavy atom. The van der Waals surface area contributed by atoms with E-state index in [-0.39, 0.29) is 35.1 Å². The first kappa shape index (κ1) is 23.4. The second-order valence-electron chi connectivity index (χ2n) is 7.74. The molecule has 1 heterocycles. The molecule has 11 nitrogen and oxygen atoms in total. The van der Waals surface area contributed by atoms with Crippen molar-refractivity contribution in [1.82, 2.24) is 9.78 Å². The van der Waals surface area contributed by atoms with Gasteiger partial charge in [-0.3, -0.25) is 29.7 Å². The van der Waals surface area contributed by atoms with Gasteiger partial charge in [0.2, 0.25) is 5.91 Å². The lowest BCUT2D eigenvalue weighted by Crippen LogP contribution is -2.25. The van der Waals surface area contributed by atoms with Gasteiger partial charge in [-0.15, -0.1) is 0 Å². The number of amides is 1. The summed E-state index contributed by atoms with van der Waals surface area (Å²) in [5.41, 5.74) is 1.53. The molecule has 0 spiro atoms. The maximum absolute atomic E-state index is 12.7. The Balaban J connectivity index is 1.78. The average Bonchev–Trinajstić information content (AvgIpc) is 3.02. The lowest BCUT2D eigenvalue weighted by Gasteiger charge is -2.14. The van der Waals surface area contributed by atoms with Crippen molar-refractivity contribution < 1.29 is 19.4 Å². The van der Waals surface area contributed by atoms with Crippen molar-refractivity contribution in [3.05, 3.63) is 79.6 Å². The van der Waals surface area contributed by atoms with E-state index in [9.17, 15) is 25.0 Å². The van der Waals surface area contributed by atoms with Crippen LogP contribution in [0, 0.1) is 46.9 Å². The van der Waals surface area contributed by atoms with Crippen LogP contribution in [-0.2, 0) is 11.3 Å². The lowest BCUT2D eigenvalue weighted by atomic mass is 10.1. The van der Waals surface area contributed by atoms with Crippen molar-refractivity contribution in [1.29, 1.82) is 0 Å². The number of rotatable bonds is 8. The molecule has 0 bridgehead atoms. The fourth-order valence-electron chi connectivity index (χ4n) is 3.30. The minimum absolute atomic E-state index is 0.0841. The highest BCUT2D eigenvalue weighted by Crippen LogP contribution is 2.30. The van der Waals surface area contributed by atoms with Crippen molar-refractivity contribution in [2.75, 3.05) is 5.32 Å². The highest BCUT2D eigenvalue weighted by Gasteiger charge is 2.24. The van der Waals surface area contributed by atoms with Crippen LogP contribution in [0.5, 0.6) is 11.5 Å². The highest BCUT2D eigenvalue weighted by atomic mass is 16.6. The molecule has 0 saturated heterocycles. The molecule has 33 heavy (non-hydrogen) atoms. The normalized spacial score (nSPS) is 11.6. The predicted octanol–water partition coefficient (Wildman–Crippen LogP) is 4.69. The van der Waals surface area contributed by atoms with Gasteiger partial charge in [-0.25, -0.2) is 0 Å². The number of benzene rings is 2. The largest absolute Gasteiger partial charge is 0.457 e. The zero-order chi connectivity index (χ0) is 24.3. The minimum atomic E-state index is -0.622. The molecule has 1 aromatic heterocycles. The first-order valence-electron chi connectivity index (χ1n) is 10.1. The summed E-state index contributed by atoms with van der Waals surface area (Å²) >= 11 is 0. The second-order valence-corrected chi connectivity index (χ2v) is 7.74. The van der Waals surface area contributed by atoms with Crippen molar-refractivity contribution >= 4 is 23.0 Å². The molecule has 2 aromatic carbocycles.